The van der Waals surface area contributed by atoms with E-state index in [1.165, 1.54) is 29.0 Å². The van der Waals surface area contributed by atoms with Crippen LogP contribution in [0.25, 0.3) is 10.2 Å². The molecule has 1 amide bonds. The molecule has 4 rings (SSSR count). The molecule has 0 radical (unpaired) electrons. The van der Waals surface area contributed by atoms with Crippen molar-refractivity contribution in [2.75, 3.05) is 18.0 Å². The quantitative estimate of drug-likeness (QED) is 0.700. The minimum absolute atomic E-state index is 0.00655. The monoisotopic (exact) mass is 383 g/mol. The fourth-order valence-corrected chi connectivity index (χ4v) is 4.29. The lowest BCUT2D eigenvalue weighted by Gasteiger charge is -2.38. The first-order valence-corrected chi connectivity index (χ1v) is 10.1. The van der Waals surface area contributed by atoms with E-state index in [4.69, 9.17) is 0 Å². The van der Waals surface area contributed by atoms with Crippen LogP contribution in [0.15, 0.2) is 48.5 Å². The molecule has 2 aromatic carbocycles. The van der Waals surface area contributed by atoms with Crippen LogP contribution in [-0.2, 0) is 11.2 Å². The van der Waals surface area contributed by atoms with Crippen LogP contribution in [-0.4, -0.2) is 30.0 Å². The van der Waals surface area contributed by atoms with Crippen molar-refractivity contribution in [3.05, 3.63) is 59.9 Å². The molecule has 4 nitrogen and oxygen atoms in total. The van der Waals surface area contributed by atoms with Crippen molar-refractivity contribution >= 4 is 32.6 Å². The maximum absolute atomic E-state index is 13.3. The molecule has 27 heavy (non-hydrogen) atoms. The van der Waals surface area contributed by atoms with Crippen molar-refractivity contribution in [2.24, 2.45) is 5.92 Å². The molecular formula is C21H22FN3OS. The van der Waals surface area contributed by atoms with E-state index >= 15 is 0 Å². The summed E-state index contributed by atoms with van der Waals surface area (Å²) in [6.07, 6.45) is 1.89. The van der Waals surface area contributed by atoms with E-state index < -0.39 is 0 Å². The Hall–Kier alpha value is -2.47. The average Bonchev–Trinajstić information content (AvgIpc) is 3.02. The highest BCUT2D eigenvalue weighted by atomic mass is 32.1. The molecule has 0 bridgehead atoms. The summed E-state index contributed by atoms with van der Waals surface area (Å²) in [6.45, 7) is 3.39. The zero-order chi connectivity index (χ0) is 18.8. The molecule has 1 atom stereocenters. The smallest absolute Gasteiger partial charge is 0.226 e. The first kappa shape index (κ1) is 17.9. The van der Waals surface area contributed by atoms with Gasteiger partial charge in [0.05, 0.1) is 16.1 Å². The highest BCUT2D eigenvalue weighted by Crippen LogP contribution is 2.33. The number of hydrogen-bond donors (Lipinski definition) is 1. The van der Waals surface area contributed by atoms with E-state index in [-0.39, 0.29) is 23.7 Å². The number of anilines is 1. The molecule has 1 aliphatic rings. The fourth-order valence-electron chi connectivity index (χ4n) is 3.28. The molecule has 1 fully saturated rings. The minimum Gasteiger partial charge on any atom is -0.353 e. The molecule has 0 saturated carbocycles. The molecule has 0 spiro atoms. The Morgan fingerprint density at radius 2 is 2.07 bits per heavy atom. The SMILES string of the molecule is CC(CCc1ccccc1)NC(=O)C1CN(c2nc3ccc(F)cc3s2)C1. The topological polar surface area (TPSA) is 45.2 Å². The number of amides is 1. The normalized spacial score (nSPS) is 15.6. The Bertz CT molecular complexity index is 937. The Balaban J connectivity index is 1.26. The highest BCUT2D eigenvalue weighted by Gasteiger charge is 2.34. The average molecular weight is 383 g/mol. The number of thiazole rings is 1. The second-order valence-corrected chi connectivity index (χ2v) is 8.15. The molecular weight excluding hydrogens is 361 g/mol. The van der Waals surface area contributed by atoms with Gasteiger partial charge in [-0.15, -0.1) is 0 Å². The van der Waals surface area contributed by atoms with Gasteiger partial charge in [0.15, 0.2) is 5.13 Å². The Morgan fingerprint density at radius 3 is 2.85 bits per heavy atom. The number of nitrogens with one attached hydrogen (secondary N) is 1. The Labute approximate surface area is 162 Å². The van der Waals surface area contributed by atoms with Crippen LogP contribution >= 0.6 is 11.3 Å². The van der Waals surface area contributed by atoms with Crippen molar-refractivity contribution in [3.8, 4) is 0 Å². The third-order valence-corrected chi connectivity index (χ3v) is 6.04. The lowest BCUT2D eigenvalue weighted by molar-refractivity contribution is -0.126. The van der Waals surface area contributed by atoms with Crippen molar-refractivity contribution in [1.82, 2.24) is 10.3 Å². The second kappa shape index (κ2) is 7.64. The Morgan fingerprint density at radius 1 is 1.30 bits per heavy atom. The van der Waals surface area contributed by atoms with Gasteiger partial charge in [0.2, 0.25) is 5.91 Å². The fraction of sp³-hybridized carbons (Fsp3) is 0.333. The summed E-state index contributed by atoms with van der Waals surface area (Å²) in [7, 11) is 0. The van der Waals surface area contributed by atoms with Crippen LogP contribution in [0.4, 0.5) is 9.52 Å². The summed E-state index contributed by atoms with van der Waals surface area (Å²) in [4.78, 5) is 19.1. The van der Waals surface area contributed by atoms with Gasteiger partial charge < -0.3 is 10.2 Å². The molecule has 1 N–H and O–H groups in total. The molecule has 0 aliphatic carbocycles. The predicted molar refractivity (Wildman–Crippen MR) is 108 cm³/mol. The standard InChI is InChI=1S/C21H22FN3OS/c1-14(7-8-15-5-3-2-4-6-15)23-20(26)16-12-25(13-16)21-24-18-10-9-17(22)11-19(18)27-21/h2-6,9-11,14,16H,7-8,12-13H2,1H3,(H,23,26). The lowest BCUT2D eigenvalue weighted by Crippen LogP contribution is -2.55. The number of rotatable bonds is 6. The number of hydrogen-bond acceptors (Lipinski definition) is 4. The van der Waals surface area contributed by atoms with Crippen LogP contribution < -0.4 is 10.2 Å². The van der Waals surface area contributed by atoms with Crippen LogP contribution in [0, 0.1) is 11.7 Å². The molecule has 1 aromatic heterocycles. The first-order valence-electron chi connectivity index (χ1n) is 9.24. The van der Waals surface area contributed by atoms with E-state index in [0.717, 1.165) is 28.2 Å². The van der Waals surface area contributed by atoms with Crippen molar-refractivity contribution in [3.63, 3.8) is 0 Å². The van der Waals surface area contributed by atoms with Gasteiger partial charge in [0, 0.05) is 19.1 Å². The molecule has 1 saturated heterocycles. The molecule has 2 heterocycles. The Kier molecular flexibility index (Phi) is 5.07. The van der Waals surface area contributed by atoms with Crippen molar-refractivity contribution in [1.29, 1.82) is 0 Å². The number of aromatic nitrogens is 1. The largest absolute Gasteiger partial charge is 0.353 e. The van der Waals surface area contributed by atoms with Gasteiger partial charge in [-0.25, -0.2) is 9.37 Å². The highest BCUT2D eigenvalue weighted by molar-refractivity contribution is 7.22. The van der Waals surface area contributed by atoms with Crippen molar-refractivity contribution in [2.45, 2.75) is 25.8 Å². The molecule has 3 aromatic rings. The maximum Gasteiger partial charge on any atom is 0.226 e. The number of carbonyl (C=O) groups is 1. The summed E-state index contributed by atoms with van der Waals surface area (Å²) in [5.74, 6) is -0.144. The van der Waals surface area contributed by atoms with E-state index in [2.05, 4.69) is 34.3 Å². The van der Waals surface area contributed by atoms with Crippen LogP contribution in [0.2, 0.25) is 0 Å². The molecule has 1 aliphatic heterocycles. The van der Waals surface area contributed by atoms with Gasteiger partial charge >= 0.3 is 0 Å². The number of nitrogens with zero attached hydrogens (tertiary/aromatic N) is 2. The second-order valence-electron chi connectivity index (χ2n) is 7.14. The van der Waals surface area contributed by atoms with E-state index in [1.54, 1.807) is 6.07 Å². The number of benzene rings is 2. The number of fused-ring (bicyclic) bond motifs is 1. The zero-order valence-corrected chi connectivity index (χ0v) is 16.0. The van der Waals surface area contributed by atoms with Gasteiger partial charge in [-0.05, 0) is 43.5 Å². The molecule has 140 valence electrons. The third kappa shape index (κ3) is 4.11. The summed E-state index contributed by atoms with van der Waals surface area (Å²) >= 11 is 1.47. The van der Waals surface area contributed by atoms with E-state index in [9.17, 15) is 9.18 Å². The summed E-state index contributed by atoms with van der Waals surface area (Å²) < 4.78 is 14.2. The number of aryl methyl sites for hydroxylation is 1. The van der Waals surface area contributed by atoms with Crippen LogP contribution in [0.3, 0.4) is 0 Å². The maximum atomic E-state index is 13.3. The van der Waals surface area contributed by atoms with Gasteiger partial charge in [-0.2, -0.15) is 0 Å². The minimum atomic E-state index is -0.247. The first-order chi connectivity index (χ1) is 13.1. The number of carbonyl (C=O) groups excluding carboxylic acids is 1. The summed E-state index contributed by atoms with van der Waals surface area (Å²) in [6, 6.07) is 15.1. The molecule has 1 unspecified atom stereocenters. The molecule has 6 heteroatoms. The van der Waals surface area contributed by atoms with Gasteiger partial charge in [0.25, 0.3) is 0 Å². The zero-order valence-electron chi connectivity index (χ0n) is 15.2. The van der Waals surface area contributed by atoms with Gasteiger partial charge in [-0.3, -0.25) is 4.79 Å². The van der Waals surface area contributed by atoms with Crippen LogP contribution in [0.1, 0.15) is 18.9 Å². The van der Waals surface area contributed by atoms with E-state index in [1.807, 2.05) is 18.2 Å². The third-order valence-electron chi connectivity index (χ3n) is 4.96. The predicted octanol–water partition coefficient (Wildman–Crippen LogP) is 4.01. The number of halogens is 1. The van der Waals surface area contributed by atoms with Crippen LogP contribution in [0.5, 0.6) is 0 Å². The van der Waals surface area contributed by atoms with Crippen molar-refractivity contribution < 1.29 is 9.18 Å². The lowest BCUT2D eigenvalue weighted by atomic mass is 9.99. The van der Waals surface area contributed by atoms with Gasteiger partial charge in [-0.1, -0.05) is 41.7 Å². The van der Waals surface area contributed by atoms with Gasteiger partial charge in [0.1, 0.15) is 5.82 Å². The summed E-state index contributed by atoms with van der Waals surface area (Å²) in [5.41, 5.74) is 2.10. The summed E-state index contributed by atoms with van der Waals surface area (Å²) in [5, 5.41) is 3.98. The van der Waals surface area contributed by atoms with E-state index in [0.29, 0.717) is 13.1 Å².